The van der Waals surface area contributed by atoms with Gasteiger partial charge in [-0.3, -0.25) is 0 Å². The number of rotatable bonds is 2. The number of aliphatic hydroxyl groups is 3. The number of aromatic nitrogens is 3. The summed E-state index contributed by atoms with van der Waals surface area (Å²) in [6.45, 7) is 1.07. The van der Waals surface area contributed by atoms with Crippen LogP contribution in [0.5, 0.6) is 0 Å². The second-order valence-corrected chi connectivity index (χ2v) is 6.38. The number of nitrogens with two attached hydrogens (primary N) is 1. The largest absolute Gasteiger partial charge is 0.394 e. The number of hydrogen-bond donors (Lipinski definition) is 4. The molecule has 3 rings (SSSR count). The summed E-state index contributed by atoms with van der Waals surface area (Å²) in [6, 6.07) is 0. The van der Waals surface area contributed by atoms with Crippen LogP contribution in [0.3, 0.4) is 0 Å². The highest BCUT2D eigenvalue weighted by molar-refractivity contribution is 14.1. The quantitative estimate of drug-likeness (QED) is 0.501. The molecule has 4 atom stereocenters. The van der Waals surface area contributed by atoms with Crippen LogP contribution in [0.1, 0.15) is 13.2 Å². The van der Waals surface area contributed by atoms with Crippen LogP contribution in [0.2, 0.25) is 0 Å². The fourth-order valence-electron chi connectivity index (χ4n) is 2.63. The van der Waals surface area contributed by atoms with E-state index in [2.05, 4.69) is 32.6 Å². The lowest BCUT2D eigenvalue weighted by atomic mass is 9.96. The van der Waals surface area contributed by atoms with Gasteiger partial charge in [-0.25, -0.2) is 9.97 Å². The Morgan fingerprint density at radius 2 is 2.24 bits per heavy atom. The maximum Gasteiger partial charge on any atom is 0.167 e. The molecule has 114 valence electrons. The first-order valence-electron chi connectivity index (χ1n) is 6.31. The molecule has 5 N–H and O–H groups in total. The van der Waals surface area contributed by atoms with Gasteiger partial charge in [-0.15, -0.1) is 0 Å². The topological polar surface area (TPSA) is 127 Å². The minimum absolute atomic E-state index is 0.333. The Morgan fingerprint density at radius 3 is 2.86 bits per heavy atom. The molecule has 2 aromatic heterocycles. The normalized spacial score (nSPS) is 32.9. The lowest BCUT2D eigenvalue weighted by molar-refractivity contribution is -0.0948. The van der Waals surface area contributed by atoms with E-state index < -0.39 is 24.0 Å². The Kier molecular flexibility index (Phi) is 3.56. The highest BCUT2D eigenvalue weighted by Gasteiger charge is 2.53. The maximum absolute atomic E-state index is 10.5. The molecule has 2 aromatic rings. The lowest BCUT2D eigenvalue weighted by Gasteiger charge is -2.27. The predicted octanol–water partition coefficient (Wildman–Crippen LogP) is -0.380. The summed E-state index contributed by atoms with van der Waals surface area (Å²) >= 11 is 2.09. The van der Waals surface area contributed by atoms with E-state index in [1.54, 1.807) is 10.8 Å². The molecule has 1 aliphatic heterocycles. The van der Waals surface area contributed by atoms with Gasteiger partial charge in [0, 0.05) is 9.77 Å². The first-order valence-corrected chi connectivity index (χ1v) is 7.39. The number of fused-ring (bicyclic) bond motifs is 1. The summed E-state index contributed by atoms with van der Waals surface area (Å²) < 4.78 is 8.01. The first-order chi connectivity index (χ1) is 9.87. The minimum atomic E-state index is -1.57. The average Bonchev–Trinajstić information content (AvgIpc) is 2.87. The van der Waals surface area contributed by atoms with Crippen molar-refractivity contribution < 1.29 is 20.1 Å². The van der Waals surface area contributed by atoms with Crippen molar-refractivity contribution in [2.75, 3.05) is 12.3 Å². The number of anilines is 1. The highest BCUT2D eigenvalue weighted by Crippen LogP contribution is 2.40. The van der Waals surface area contributed by atoms with E-state index in [-0.39, 0.29) is 6.61 Å². The second kappa shape index (κ2) is 5.02. The third kappa shape index (κ3) is 2.11. The van der Waals surface area contributed by atoms with E-state index in [4.69, 9.17) is 10.5 Å². The van der Waals surface area contributed by atoms with Crippen LogP contribution < -0.4 is 5.73 Å². The zero-order chi connectivity index (χ0) is 15.4. The van der Waals surface area contributed by atoms with Gasteiger partial charge in [-0.05, 0) is 29.5 Å². The Bertz CT molecular complexity index is 689. The van der Waals surface area contributed by atoms with E-state index in [0.717, 1.165) is 3.57 Å². The third-order valence-corrected chi connectivity index (χ3v) is 4.60. The van der Waals surface area contributed by atoms with Crippen molar-refractivity contribution in [3.8, 4) is 0 Å². The third-order valence-electron chi connectivity index (χ3n) is 3.78. The molecule has 21 heavy (non-hydrogen) atoms. The highest BCUT2D eigenvalue weighted by atomic mass is 127. The molecule has 0 saturated carbocycles. The van der Waals surface area contributed by atoms with E-state index in [1.165, 1.54) is 13.3 Å². The summed E-state index contributed by atoms with van der Waals surface area (Å²) in [6.07, 6.45) is 0.0986. The fourth-order valence-corrected chi connectivity index (χ4v) is 3.45. The SMILES string of the molecule is C[C@]1(O)C(n2cc(I)c3c(N)ncnc32)O[C@H](CO)[C@H]1O. The number of ether oxygens (including phenoxy) is 1. The van der Waals surface area contributed by atoms with Gasteiger partial charge in [0.05, 0.1) is 12.0 Å². The monoisotopic (exact) mass is 406 g/mol. The van der Waals surface area contributed by atoms with E-state index in [1.807, 2.05) is 0 Å². The van der Waals surface area contributed by atoms with Crippen molar-refractivity contribution in [2.24, 2.45) is 0 Å². The van der Waals surface area contributed by atoms with Gasteiger partial charge in [0.25, 0.3) is 0 Å². The number of nitrogen functional groups attached to an aromatic ring is 1. The van der Waals surface area contributed by atoms with Gasteiger partial charge in [0.15, 0.2) is 6.23 Å². The Balaban J connectivity index is 2.15. The fraction of sp³-hybridized carbons (Fsp3) is 0.500. The molecule has 0 spiro atoms. The summed E-state index contributed by atoms with van der Waals surface area (Å²) in [7, 11) is 0. The van der Waals surface area contributed by atoms with Crippen molar-refractivity contribution >= 4 is 39.4 Å². The zero-order valence-corrected chi connectivity index (χ0v) is 13.3. The Labute approximate surface area is 133 Å². The first kappa shape index (κ1) is 14.9. The summed E-state index contributed by atoms with van der Waals surface area (Å²) in [5.74, 6) is 0.333. The summed E-state index contributed by atoms with van der Waals surface area (Å²) in [5.41, 5.74) is 4.79. The number of aliphatic hydroxyl groups excluding tert-OH is 2. The van der Waals surface area contributed by atoms with Crippen LogP contribution >= 0.6 is 22.6 Å². The molecule has 8 nitrogen and oxygen atoms in total. The summed E-state index contributed by atoms with van der Waals surface area (Å²) in [5, 5.41) is 30.5. The van der Waals surface area contributed by atoms with Crippen molar-refractivity contribution in [3.63, 3.8) is 0 Å². The van der Waals surface area contributed by atoms with Gasteiger partial charge < -0.3 is 30.4 Å². The molecular formula is C12H15IN4O4. The summed E-state index contributed by atoms with van der Waals surface area (Å²) in [4.78, 5) is 8.13. The van der Waals surface area contributed by atoms with Crippen LogP contribution in [0, 0.1) is 3.57 Å². The standard InChI is InChI=1S/C12H15IN4O4/c1-12(20)8(19)6(3-18)21-11(12)17-2-5(13)7-9(14)15-4-16-10(7)17/h2,4,6,8,11,18-20H,3H2,1H3,(H2,14,15,16)/t6-,8-,11?,12-/m1/s1. The zero-order valence-electron chi connectivity index (χ0n) is 11.1. The molecule has 1 unspecified atom stereocenters. The number of halogens is 1. The van der Waals surface area contributed by atoms with Crippen LogP contribution in [-0.4, -0.2) is 54.3 Å². The Hall–Kier alpha value is -1.01. The van der Waals surface area contributed by atoms with E-state index in [0.29, 0.717) is 16.9 Å². The molecule has 0 bridgehead atoms. The molecule has 3 heterocycles. The predicted molar refractivity (Wildman–Crippen MR) is 82.3 cm³/mol. The van der Waals surface area contributed by atoms with Crippen molar-refractivity contribution in [1.82, 2.24) is 14.5 Å². The van der Waals surface area contributed by atoms with Crippen LogP contribution in [0.4, 0.5) is 5.82 Å². The molecule has 1 saturated heterocycles. The van der Waals surface area contributed by atoms with Gasteiger partial charge in [0.2, 0.25) is 0 Å². The lowest BCUT2D eigenvalue weighted by Crippen LogP contribution is -2.44. The molecule has 0 aliphatic carbocycles. The van der Waals surface area contributed by atoms with Crippen LogP contribution in [-0.2, 0) is 4.74 Å². The molecular weight excluding hydrogens is 391 g/mol. The van der Waals surface area contributed by atoms with Crippen molar-refractivity contribution in [1.29, 1.82) is 0 Å². The van der Waals surface area contributed by atoms with E-state index >= 15 is 0 Å². The van der Waals surface area contributed by atoms with Crippen molar-refractivity contribution in [2.45, 2.75) is 31.0 Å². The molecule has 1 aliphatic rings. The number of hydrogen-bond acceptors (Lipinski definition) is 7. The molecule has 9 heteroatoms. The minimum Gasteiger partial charge on any atom is -0.394 e. The molecule has 1 fully saturated rings. The molecule has 0 amide bonds. The Morgan fingerprint density at radius 1 is 1.52 bits per heavy atom. The van der Waals surface area contributed by atoms with Gasteiger partial charge in [-0.2, -0.15) is 0 Å². The smallest absolute Gasteiger partial charge is 0.167 e. The molecule has 0 aromatic carbocycles. The molecule has 0 radical (unpaired) electrons. The number of nitrogens with zero attached hydrogens (tertiary/aromatic N) is 3. The maximum atomic E-state index is 10.5. The van der Waals surface area contributed by atoms with Gasteiger partial charge in [0.1, 0.15) is 35.6 Å². The van der Waals surface area contributed by atoms with Gasteiger partial charge in [-0.1, -0.05) is 0 Å². The van der Waals surface area contributed by atoms with Gasteiger partial charge >= 0.3 is 0 Å². The average molecular weight is 406 g/mol. The van der Waals surface area contributed by atoms with Crippen molar-refractivity contribution in [3.05, 3.63) is 16.1 Å². The second-order valence-electron chi connectivity index (χ2n) is 5.22. The van der Waals surface area contributed by atoms with Crippen LogP contribution in [0.25, 0.3) is 11.0 Å². The van der Waals surface area contributed by atoms with Crippen LogP contribution in [0.15, 0.2) is 12.5 Å². The van der Waals surface area contributed by atoms with E-state index in [9.17, 15) is 15.3 Å².